The minimum Gasteiger partial charge on any atom is -0.497 e. The normalized spacial score (nSPS) is 10.4. The van der Waals surface area contributed by atoms with Gasteiger partial charge in [-0.3, -0.25) is 14.2 Å². The smallest absolute Gasteiger partial charge is 0.389 e. The second-order valence-corrected chi connectivity index (χ2v) is 5.62. The van der Waals surface area contributed by atoms with E-state index in [-0.39, 0.29) is 18.0 Å². The van der Waals surface area contributed by atoms with E-state index in [2.05, 4.69) is 0 Å². The molecule has 0 radical (unpaired) electrons. The Balaban J connectivity index is 1.81. The van der Waals surface area contributed by atoms with E-state index in [0.29, 0.717) is 11.4 Å². The van der Waals surface area contributed by atoms with Crippen LogP contribution in [0.5, 0.6) is 5.75 Å². The molecule has 2 aromatic carbocycles. The maximum absolute atomic E-state index is 12.4. The lowest BCUT2D eigenvalue weighted by molar-refractivity contribution is -0.251. The Morgan fingerprint density at radius 3 is 2.22 bits per heavy atom. The molecule has 2 N–H and O–H groups in total. The highest BCUT2D eigenvalue weighted by Gasteiger charge is 2.21. The van der Waals surface area contributed by atoms with Gasteiger partial charge in [-0.05, 0) is 42.0 Å². The minimum absolute atomic E-state index is 0.110. The largest absolute Gasteiger partial charge is 0.497 e. The molecule has 0 unspecified atom stereocenters. The summed E-state index contributed by atoms with van der Waals surface area (Å²) in [4.78, 5) is 34.1. The molecule has 0 saturated heterocycles. The number of nitrogens with zero attached hydrogens (tertiary/aromatic N) is 1. The summed E-state index contributed by atoms with van der Waals surface area (Å²) in [5.41, 5.74) is 7.11. The van der Waals surface area contributed by atoms with Gasteiger partial charge >= 0.3 is 5.97 Å². The Morgan fingerprint density at radius 1 is 0.926 bits per heavy atom. The van der Waals surface area contributed by atoms with E-state index in [1.54, 1.807) is 31.4 Å². The Bertz CT molecular complexity index is 933. The Hall–Kier alpha value is -3.58. The van der Waals surface area contributed by atoms with Crippen molar-refractivity contribution in [2.24, 2.45) is 5.73 Å². The van der Waals surface area contributed by atoms with Gasteiger partial charge in [0.2, 0.25) is 0 Å². The first kappa shape index (κ1) is 18.2. The lowest BCUT2D eigenvalue weighted by atomic mass is 10.2. The molecular formula is C20H18N2O5. The molecule has 27 heavy (non-hydrogen) atoms. The average Bonchev–Trinajstić information content (AvgIpc) is 3.14. The molecule has 0 aliphatic rings. The van der Waals surface area contributed by atoms with Gasteiger partial charge in [-0.2, -0.15) is 4.89 Å². The Kier molecular flexibility index (Phi) is 5.53. The summed E-state index contributed by atoms with van der Waals surface area (Å²) in [7, 11) is 1.55. The molecule has 0 fully saturated rings. The van der Waals surface area contributed by atoms with Gasteiger partial charge < -0.3 is 10.5 Å². The highest BCUT2D eigenvalue weighted by Crippen LogP contribution is 2.21. The van der Waals surface area contributed by atoms with Crippen LogP contribution in [0.2, 0.25) is 0 Å². The average molecular weight is 366 g/mol. The lowest BCUT2D eigenvalue weighted by Crippen LogP contribution is -2.19. The first-order chi connectivity index (χ1) is 13.1. The van der Waals surface area contributed by atoms with Gasteiger partial charge in [-0.25, -0.2) is 4.79 Å². The van der Waals surface area contributed by atoms with Gasteiger partial charge in [0.25, 0.3) is 5.91 Å². The highest BCUT2D eigenvalue weighted by molar-refractivity contribution is 5.96. The molecule has 0 bridgehead atoms. The van der Waals surface area contributed by atoms with E-state index >= 15 is 0 Å². The predicted molar refractivity (Wildman–Crippen MR) is 97.5 cm³/mol. The van der Waals surface area contributed by atoms with Gasteiger partial charge in [-0.1, -0.05) is 30.3 Å². The third-order valence-electron chi connectivity index (χ3n) is 3.88. The van der Waals surface area contributed by atoms with Crippen molar-refractivity contribution in [1.29, 1.82) is 0 Å². The number of carbonyl (C=O) groups excluding carboxylic acids is 2. The monoisotopic (exact) mass is 366 g/mol. The van der Waals surface area contributed by atoms with E-state index < -0.39 is 11.9 Å². The molecule has 0 atom stereocenters. The predicted octanol–water partition coefficient (Wildman–Crippen LogP) is 2.87. The molecule has 7 heteroatoms. The molecule has 0 spiro atoms. The quantitative estimate of drug-likeness (QED) is 0.513. The Labute approximate surface area is 155 Å². The van der Waals surface area contributed by atoms with Crippen molar-refractivity contribution >= 4 is 11.9 Å². The number of primary amides is 1. The van der Waals surface area contributed by atoms with Gasteiger partial charge in [0.1, 0.15) is 23.7 Å². The zero-order valence-electron chi connectivity index (χ0n) is 14.6. The number of benzene rings is 2. The van der Waals surface area contributed by atoms with Crippen LogP contribution in [-0.4, -0.2) is 23.6 Å². The molecule has 0 aliphatic heterocycles. The first-order valence-electron chi connectivity index (χ1n) is 8.14. The molecular weight excluding hydrogens is 348 g/mol. The fourth-order valence-corrected chi connectivity index (χ4v) is 2.57. The van der Waals surface area contributed by atoms with E-state index in [4.69, 9.17) is 20.2 Å². The zero-order valence-corrected chi connectivity index (χ0v) is 14.6. The summed E-state index contributed by atoms with van der Waals surface area (Å²) in [6.07, 6.45) is 0. The fourth-order valence-electron chi connectivity index (χ4n) is 2.57. The van der Waals surface area contributed by atoms with Gasteiger partial charge in [0.15, 0.2) is 0 Å². The van der Waals surface area contributed by atoms with Crippen LogP contribution < -0.4 is 10.5 Å². The van der Waals surface area contributed by atoms with Gasteiger partial charge in [0.05, 0.1) is 7.11 Å². The summed E-state index contributed by atoms with van der Waals surface area (Å²) >= 11 is 0. The van der Waals surface area contributed by atoms with Crippen molar-refractivity contribution in [1.82, 2.24) is 4.57 Å². The third-order valence-corrected chi connectivity index (χ3v) is 3.88. The Morgan fingerprint density at radius 2 is 1.59 bits per heavy atom. The van der Waals surface area contributed by atoms with Crippen molar-refractivity contribution < 1.29 is 24.1 Å². The molecule has 3 aromatic rings. The summed E-state index contributed by atoms with van der Waals surface area (Å²) in [5.74, 6) is -0.772. The van der Waals surface area contributed by atoms with Crippen LogP contribution in [0.1, 0.15) is 26.5 Å². The van der Waals surface area contributed by atoms with E-state index in [1.807, 2.05) is 30.3 Å². The summed E-state index contributed by atoms with van der Waals surface area (Å²) < 4.78 is 6.54. The summed E-state index contributed by atoms with van der Waals surface area (Å²) in [6, 6.07) is 19.0. The molecule has 1 amide bonds. The number of aromatic nitrogens is 1. The number of carbonyl (C=O) groups is 2. The van der Waals surface area contributed by atoms with Crippen LogP contribution in [0.25, 0.3) is 5.69 Å². The standard InChI is InChI=1S/C20H18N2O5/c1-25-16-9-7-15(8-10-16)22-17(19(21)23)11-12-18(22)20(24)27-26-13-14-5-3-2-4-6-14/h2-12H,13H2,1H3,(H2,21,23). The van der Waals surface area contributed by atoms with Crippen LogP contribution >= 0.6 is 0 Å². The van der Waals surface area contributed by atoms with Crippen molar-refractivity contribution in [2.45, 2.75) is 6.61 Å². The van der Waals surface area contributed by atoms with Crippen LogP contribution in [0, 0.1) is 0 Å². The molecule has 7 nitrogen and oxygen atoms in total. The zero-order chi connectivity index (χ0) is 19.2. The van der Waals surface area contributed by atoms with Crippen molar-refractivity contribution in [3.05, 3.63) is 83.7 Å². The van der Waals surface area contributed by atoms with E-state index in [0.717, 1.165) is 5.56 Å². The topological polar surface area (TPSA) is 92.8 Å². The fraction of sp³-hybridized carbons (Fsp3) is 0.100. The van der Waals surface area contributed by atoms with Crippen molar-refractivity contribution in [3.8, 4) is 11.4 Å². The molecule has 138 valence electrons. The number of hydrogen-bond acceptors (Lipinski definition) is 5. The van der Waals surface area contributed by atoms with Crippen LogP contribution in [0.15, 0.2) is 66.7 Å². The van der Waals surface area contributed by atoms with E-state index in [9.17, 15) is 9.59 Å². The van der Waals surface area contributed by atoms with Gasteiger partial charge in [0, 0.05) is 5.69 Å². The summed E-state index contributed by atoms with van der Waals surface area (Å²) in [5, 5.41) is 0. The second kappa shape index (κ2) is 8.20. The maximum Gasteiger partial charge on any atom is 0.389 e. The summed E-state index contributed by atoms with van der Waals surface area (Å²) in [6.45, 7) is 0.110. The number of amides is 1. The molecule has 0 saturated carbocycles. The maximum atomic E-state index is 12.4. The second-order valence-electron chi connectivity index (χ2n) is 5.62. The molecule has 0 aliphatic carbocycles. The first-order valence-corrected chi connectivity index (χ1v) is 8.14. The molecule has 1 heterocycles. The van der Waals surface area contributed by atoms with Crippen LogP contribution in [0.4, 0.5) is 0 Å². The third kappa shape index (κ3) is 4.16. The van der Waals surface area contributed by atoms with Crippen molar-refractivity contribution in [2.75, 3.05) is 7.11 Å². The van der Waals surface area contributed by atoms with Crippen LogP contribution in [-0.2, 0) is 16.4 Å². The minimum atomic E-state index is -0.741. The van der Waals surface area contributed by atoms with Gasteiger partial charge in [-0.15, -0.1) is 0 Å². The number of rotatable bonds is 7. The highest BCUT2D eigenvalue weighted by atomic mass is 17.2. The molecule has 1 aromatic heterocycles. The number of nitrogens with two attached hydrogens (primary N) is 1. The number of methoxy groups -OCH3 is 1. The number of hydrogen-bond donors (Lipinski definition) is 1. The van der Waals surface area contributed by atoms with Crippen LogP contribution in [0.3, 0.4) is 0 Å². The van der Waals surface area contributed by atoms with Crippen molar-refractivity contribution in [3.63, 3.8) is 0 Å². The molecule has 3 rings (SSSR count). The number of ether oxygens (including phenoxy) is 1. The van der Waals surface area contributed by atoms with E-state index in [1.165, 1.54) is 16.7 Å². The SMILES string of the molecule is COc1ccc(-n2c(C(N)=O)ccc2C(=O)OOCc2ccccc2)cc1. The lowest BCUT2D eigenvalue weighted by Gasteiger charge is -2.12.